The highest BCUT2D eigenvalue weighted by atomic mass is 127. The van der Waals surface area contributed by atoms with E-state index in [0.29, 0.717) is 0 Å². The van der Waals surface area contributed by atoms with Crippen molar-refractivity contribution in [3.05, 3.63) is 37.4 Å². The lowest BCUT2D eigenvalue weighted by atomic mass is 9.92. The third-order valence-electron chi connectivity index (χ3n) is 2.58. The molecule has 3 nitrogen and oxygen atoms in total. The summed E-state index contributed by atoms with van der Waals surface area (Å²) in [5.41, 5.74) is 0.904. The van der Waals surface area contributed by atoms with Crippen LogP contribution in [0.25, 0.3) is 0 Å². The van der Waals surface area contributed by atoms with Crippen LogP contribution in [0.15, 0.2) is 18.2 Å². The average Bonchev–Trinajstić information content (AvgIpc) is 2.20. The van der Waals surface area contributed by atoms with Crippen LogP contribution in [-0.4, -0.2) is 10.3 Å². The Morgan fingerprint density at radius 1 is 1.56 bits per heavy atom. The topological polar surface area (TPSA) is 43.1 Å². The van der Waals surface area contributed by atoms with E-state index in [2.05, 4.69) is 22.6 Å². The van der Waals surface area contributed by atoms with Crippen molar-refractivity contribution in [2.45, 2.75) is 31.6 Å². The minimum atomic E-state index is -0.334. The standard InChI is InChI=1S/C11H13ClINO2/c1-3-9(7(2)12)10-5-4-8(13)6-11(10)14(15)16/h4-7,9H,3H2,1-2H3. The number of benzene rings is 1. The number of hydrogen-bond acceptors (Lipinski definition) is 2. The number of halogens is 2. The van der Waals surface area contributed by atoms with Crippen molar-refractivity contribution in [1.29, 1.82) is 0 Å². The van der Waals surface area contributed by atoms with Gasteiger partial charge in [-0.1, -0.05) is 13.0 Å². The van der Waals surface area contributed by atoms with Gasteiger partial charge >= 0.3 is 0 Å². The first-order chi connectivity index (χ1) is 7.47. The zero-order chi connectivity index (χ0) is 12.3. The van der Waals surface area contributed by atoms with Crippen molar-refractivity contribution in [2.24, 2.45) is 0 Å². The Morgan fingerprint density at radius 3 is 2.62 bits per heavy atom. The van der Waals surface area contributed by atoms with Gasteiger partial charge in [-0.25, -0.2) is 0 Å². The molecule has 0 saturated heterocycles. The van der Waals surface area contributed by atoms with Gasteiger partial charge in [0.25, 0.3) is 5.69 Å². The predicted octanol–water partition coefficient (Wildman–Crippen LogP) is 4.32. The Hall–Kier alpha value is -0.360. The van der Waals surface area contributed by atoms with Gasteiger partial charge in [-0.3, -0.25) is 10.1 Å². The van der Waals surface area contributed by atoms with E-state index in [1.807, 2.05) is 26.0 Å². The van der Waals surface area contributed by atoms with Gasteiger partial charge in [0.2, 0.25) is 0 Å². The zero-order valence-electron chi connectivity index (χ0n) is 9.11. The van der Waals surface area contributed by atoms with Crippen molar-refractivity contribution in [1.82, 2.24) is 0 Å². The molecule has 5 heteroatoms. The molecule has 0 N–H and O–H groups in total. The molecule has 88 valence electrons. The minimum Gasteiger partial charge on any atom is -0.258 e. The molecule has 0 amide bonds. The van der Waals surface area contributed by atoms with E-state index in [1.165, 1.54) is 0 Å². The Kier molecular flexibility index (Phi) is 4.98. The lowest BCUT2D eigenvalue weighted by molar-refractivity contribution is -0.385. The maximum atomic E-state index is 11.0. The SMILES string of the molecule is CCC(c1ccc(I)cc1[N+](=O)[O-])C(C)Cl. The molecule has 1 aromatic rings. The molecular weight excluding hydrogens is 340 g/mol. The van der Waals surface area contributed by atoms with Crippen LogP contribution < -0.4 is 0 Å². The van der Waals surface area contributed by atoms with E-state index < -0.39 is 0 Å². The van der Waals surface area contributed by atoms with Crippen LogP contribution in [0.1, 0.15) is 31.7 Å². The molecule has 0 aromatic heterocycles. The average molecular weight is 354 g/mol. The van der Waals surface area contributed by atoms with Crippen LogP contribution >= 0.6 is 34.2 Å². The first kappa shape index (κ1) is 13.7. The van der Waals surface area contributed by atoms with E-state index >= 15 is 0 Å². The molecule has 0 fully saturated rings. The van der Waals surface area contributed by atoms with Crippen LogP contribution in [0.2, 0.25) is 0 Å². The van der Waals surface area contributed by atoms with Crippen molar-refractivity contribution in [3.63, 3.8) is 0 Å². The molecule has 2 unspecified atom stereocenters. The van der Waals surface area contributed by atoms with Gasteiger partial charge in [-0.2, -0.15) is 0 Å². The zero-order valence-corrected chi connectivity index (χ0v) is 12.0. The Bertz CT molecular complexity index is 396. The first-order valence-electron chi connectivity index (χ1n) is 5.05. The molecule has 0 aliphatic carbocycles. The van der Waals surface area contributed by atoms with Crippen LogP contribution in [0.4, 0.5) is 5.69 Å². The summed E-state index contributed by atoms with van der Waals surface area (Å²) < 4.78 is 0.866. The predicted molar refractivity (Wildman–Crippen MR) is 74.2 cm³/mol. The molecule has 0 heterocycles. The number of nitro groups is 1. The van der Waals surface area contributed by atoms with Gasteiger partial charge in [0.15, 0.2) is 0 Å². The highest BCUT2D eigenvalue weighted by Gasteiger charge is 2.24. The second-order valence-electron chi connectivity index (χ2n) is 3.65. The second-order valence-corrected chi connectivity index (χ2v) is 5.59. The van der Waals surface area contributed by atoms with Gasteiger partial charge in [0.1, 0.15) is 0 Å². The molecule has 0 aliphatic heterocycles. The fourth-order valence-corrected chi connectivity index (χ4v) is 2.57. The molecule has 0 spiro atoms. The lowest BCUT2D eigenvalue weighted by Gasteiger charge is -2.17. The summed E-state index contributed by atoms with van der Waals surface area (Å²) in [7, 11) is 0. The van der Waals surface area contributed by atoms with Gasteiger partial charge in [0, 0.05) is 26.5 Å². The number of hydrogen-bond donors (Lipinski definition) is 0. The summed E-state index contributed by atoms with van der Waals surface area (Å²) in [4.78, 5) is 10.6. The van der Waals surface area contributed by atoms with Gasteiger partial charge in [-0.15, -0.1) is 11.6 Å². The number of nitrogens with zero attached hydrogens (tertiary/aromatic N) is 1. The normalized spacial score (nSPS) is 14.5. The fourth-order valence-electron chi connectivity index (χ4n) is 1.78. The van der Waals surface area contributed by atoms with Gasteiger partial charge in [0.05, 0.1) is 4.92 Å². The molecule has 2 atom stereocenters. The van der Waals surface area contributed by atoms with E-state index in [0.717, 1.165) is 15.6 Å². The summed E-state index contributed by atoms with van der Waals surface area (Å²) >= 11 is 8.14. The van der Waals surface area contributed by atoms with E-state index in [-0.39, 0.29) is 21.9 Å². The largest absolute Gasteiger partial charge is 0.273 e. The summed E-state index contributed by atoms with van der Waals surface area (Å²) in [6.07, 6.45) is 0.798. The monoisotopic (exact) mass is 353 g/mol. The molecule has 0 saturated carbocycles. The smallest absolute Gasteiger partial charge is 0.258 e. The first-order valence-corrected chi connectivity index (χ1v) is 6.56. The lowest BCUT2D eigenvalue weighted by Crippen LogP contribution is -2.10. The van der Waals surface area contributed by atoms with E-state index in [1.54, 1.807) is 6.07 Å². The molecule has 0 bridgehead atoms. The van der Waals surface area contributed by atoms with Gasteiger partial charge < -0.3 is 0 Å². The van der Waals surface area contributed by atoms with Crippen molar-refractivity contribution >= 4 is 39.9 Å². The van der Waals surface area contributed by atoms with Crippen LogP contribution in [0.5, 0.6) is 0 Å². The molecule has 16 heavy (non-hydrogen) atoms. The van der Waals surface area contributed by atoms with Crippen LogP contribution in [-0.2, 0) is 0 Å². The van der Waals surface area contributed by atoms with Gasteiger partial charge in [-0.05, 0) is 42.0 Å². The quantitative estimate of drug-likeness (QED) is 0.350. The second kappa shape index (κ2) is 5.82. The summed E-state index contributed by atoms with van der Waals surface area (Å²) in [6, 6.07) is 5.29. The molecule has 1 rings (SSSR count). The number of rotatable bonds is 4. The summed E-state index contributed by atoms with van der Waals surface area (Å²) in [5, 5.41) is 10.9. The van der Waals surface area contributed by atoms with Crippen molar-refractivity contribution in [2.75, 3.05) is 0 Å². The molecule has 0 aliphatic rings. The highest BCUT2D eigenvalue weighted by Crippen LogP contribution is 2.34. The van der Waals surface area contributed by atoms with Crippen LogP contribution in [0, 0.1) is 13.7 Å². The van der Waals surface area contributed by atoms with E-state index in [4.69, 9.17) is 11.6 Å². The number of alkyl halides is 1. The Labute approximate surface area is 113 Å². The van der Waals surface area contributed by atoms with Crippen molar-refractivity contribution in [3.8, 4) is 0 Å². The van der Waals surface area contributed by atoms with Crippen LogP contribution in [0.3, 0.4) is 0 Å². The third kappa shape index (κ3) is 3.07. The third-order valence-corrected chi connectivity index (χ3v) is 3.56. The highest BCUT2D eigenvalue weighted by molar-refractivity contribution is 14.1. The molecule has 1 aromatic carbocycles. The Balaban J connectivity index is 3.26. The molecular formula is C11H13ClINO2. The fraction of sp³-hybridized carbons (Fsp3) is 0.455. The maximum Gasteiger partial charge on any atom is 0.273 e. The summed E-state index contributed by atoms with van der Waals surface area (Å²) in [6.45, 7) is 3.86. The summed E-state index contributed by atoms with van der Waals surface area (Å²) in [5.74, 6) is 0.0269. The van der Waals surface area contributed by atoms with Crippen molar-refractivity contribution < 1.29 is 4.92 Å². The molecule has 0 radical (unpaired) electrons. The number of nitro benzene ring substituents is 1. The maximum absolute atomic E-state index is 11.0. The van der Waals surface area contributed by atoms with E-state index in [9.17, 15) is 10.1 Å². The minimum absolute atomic E-state index is 0.0269. The Morgan fingerprint density at radius 2 is 2.19 bits per heavy atom.